The molecule has 13 heavy (non-hydrogen) atoms. The summed E-state index contributed by atoms with van der Waals surface area (Å²) in [6, 6.07) is 3.12. The van der Waals surface area contributed by atoms with Gasteiger partial charge < -0.3 is 15.3 Å². The molecule has 0 aliphatic heterocycles. The van der Waals surface area contributed by atoms with Gasteiger partial charge in [-0.25, -0.2) is 0 Å². The fourth-order valence-corrected chi connectivity index (χ4v) is 1.76. The SMILES string of the molecule is N#CC(O)C(O)c1ccsc1CO. The Hall–Kier alpha value is -0.930. The number of rotatable bonds is 3. The van der Waals surface area contributed by atoms with E-state index in [9.17, 15) is 5.11 Å². The first-order chi connectivity index (χ1) is 6.20. The maximum absolute atomic E-state index is 9.41. The summed E-state index contributed by atoms with van der Waals surface area (Å²) in [5, 5.41) is 37.3. The van der Waals surface area contributed by atoms with Crippen LogP contribution in [0.5, 0.6) is 0 Å². The number of thiophene rings is 1. The number of aliphatic hydroxyl groups is 3. The maximum atomic E-state index is 9.41. The first-order valence-corrected chi connectivity index (χ1v) is 4.51. The normalized spacial score (nSPS) is 14.9. The van der Waals surface area contributed by atoms with Crippen molar-refractivity contribution in [3.05, 3.63) is 21.9 Å². The van der Waals surface area contributed by atoms with E-state index in [0.717, 1.165) is 0 Å². The van der Waals surface area contributed by atoms with Gasteiger partial charge in [-0.05, 0) is 11.4 Å². The van der Waals surface area contributed by atoms with E-state index in [4.69, 9.17) is 15.5 Å². The summed E-state index contributed by atoms with van der Waals surface area (Å²) in [5.74, 6) is 0. The standard InChI is InChI=1S/C8H9NO3S/c9-3-6(11)8(12)5-1-2-13-7(5)4-10/h1-2,6,8,10-12H,4H2. The maximum Gasteiger partial charge on any atom is 0.170 e. The molecule has 70 valence electrons. The first kappa shape index (κ1) is 10.2. The molecule has 5 heteroatoms. The molecule has 0 fully saturated rings. The fraction of sp³-hybridized carbons (Fsp3) is 0.375. The van der Waals surface area contributed by atoms with Gasteiger partial charge in [0.2, 0.25) is 0 Å². The van der Waals surface area contributed by atoms with Gasteiger partial charge >= 0.3 is 0 Å². The molecule has 1 aromatic rings. The van der Waals surface area contributed by atoms with Crippen LogP contribution in [0.4, 0.5) is 0 Å². The van der Waals surface area contributed by atoms with E-state index in [-0.39, 0.29) is 6.61 Å². The Labute approximate surface area is 79.3 Å². The minimum Gasteiger partial charge on any atom is -0.391 e. The van der Waals surface area contributed by atoms with Crippen LogP contribution in [0.15, 0.2) is 11.4 Å². The van der Waals surface area contributed by atoms with Crippen molar-refractivity contribution in [1.82, 2.24) is 0 Å². The molecular weight excluding hydrogens is 190 g/mol. The van der Waals surface area contributed by atoms with Crippen LogP contribution < -0.4 is 0 Å². The van der Waals surface area contributed by atoms with E-state index in [1.165, 1.54) is 17.4 Å². The van der Waals surface area contributed by atoms with Crippen molar-refractivity contribution >= 4 is 11.3 Å². The van der Waals surface area contributed by atoms with E-state index in [1.807, 2.05) is 0 Å². The van der Waals surface area contributed by atoms with Gasteiger partial charge in [0.25, 0.3) is 0 Å². The highest BCUT2D eigenvalue weighted by Gasteiger charge is 2.20. The van der Waals surface area contributed by atoms with Gasteiger partial charge in [-0.2, -0.15) is 5.26 Å². The zero-order chi connectivity index (χ0) is 9.84. The molecule has 0 aliphatic carbocycles. The van der Waals surface area contributed by atoms with E-state index < -0.39 is 12.2 Å². The Balaban J connectivity index is 2.88. The molecule has 0 radical (unpaired) electrons. The van der Waals surface area contributed by atoms with Crippen molar-refractivity contribution in [2.45, 2.75) is 18.8 Å². The Morgan fingerprint density at radius 1 is 1.54 bits per heavy atom. The lowest BCUT2D eigenvalue weighted by atomic mass is 10.1. The fourth-order valence-electron chi connectivity index (χ4n) is 0.983. The summed E-state index contributed by atoms with van der Waals surface area (Å²) in [4.78, 5) is 0.571. The van der Waals surface area contributed by atoms with Crippen LogP contribution >= 0.6 is 11.3 Å². The van der Waals surface area contributed by atoms with Gasteiger partial charge in [-0.1, -0.05) is 0 Å². The molecule has 0 amide bonds. The smallest absolute Gasteiger partial charge is 0.170 e. The Morgan fingerprint density at radius 2 is 2.23 bits per heavy atom. The van der Waals surface area contributed by atoms with E-state index in [2.05, 4.69) is 0 Å². The largest absolute Gasteiger partial charge is 0.391 e. The van der Waals surface area contributed by atoms with Crippen LogP contribution in [0.3, 0.4) is 0 Å². The van der Waals surface area contributed by atoms with Crippen molar-refractivity contribution in [2.24, 2.45) is 0 Å². The predicted octanol–water partition coefficient (Wildman–Crippen LogP) is 0.158. The molecule has 0 aromatic carbocycles. The number of nitriles is 1. The molecule has 2 unspecified atom stereocenters. The first-order valence-electron chi connectivity index (χ1n) is 3.63. The average Bonchev–Trinajstić information content (AvgIpc) is 2.62. The van der Waals surface area contributed by atoms with Gasteiger partial charge in [0.15, 0.2) is 6.10 Å². The molecule has 0 saturated carbocycles. The molecule has 0 aliphatic rings. The van der Waals surface area contributed by atoms with Crippen molar-refractivity contribution in [2.75, 3.05) is 0 Å². The molecule has 4 nitrogen and oxygen atoms in total. The number of aliphatic hydroxyl groups excluding tert-OH is 3. The molecule has 1 aromatic heterocycles. The highest BCUT2D eigenvalue weighted by atomic mass is 32.1. The third-order valence-electron chi connectivity index (χ3n) is 1.67. The topological polar surface area (TPSA) is 84.5 Å². The highest BCUT2D eigenvalue weighted by molar-refractivity contribution is 7.10. The molecule has 0 bridgehead atoms. The molecule has 2 atom stereocenters. The summed E-state index contributed by atoms with van der Waals surface area (Å²) in [5.41, 5.74) is 0.418. The van der Waals surface area contributed by atoms with Gasteiger partial charge in [-0.3, -0.25) is 0 Å². The molecule has 0 spiro atoms. The zero-order valence-electron chi connectivity index (χ0n) is 6.71. The minimum absolute atomic E-state index is 0.192. The zero-order valence-corrected chi connectivity index (χ0v) is 7.53. The van der Waals surface area contributed by atoms with Gasteiger partial charge in [-0.15, -0.1) is 11.3 Å². The average molecular weight is 199 g/mol. The van der Waals surface area contributed by atoms with E-state index in [1.54, 1.807) is 11.4 Å². The lowest BCUT2D eigenvalue weighted by molar-refractivity contribution is 0.0518. The van der Waals surface area contributed by atoms with Crippen LogP contribution in [0, 0.1) is 11.3 Å². The summed E-state index contributed by atoms with van der Waals surface area (Å²) >= 11 is 1.28. The Bertz CT molecular complexity index is 317. The third kappa shape index (κ3) is 2.05. The van der Waals surface area contributed by atoms with E-state index >= 15 is 0 Å². The van der Waals surface area contributed by atoms with Crippen LogP contribution in [0.25, 0.3) is 0 Å². The number of hydrogen-bond donors (Lipinski definition) is 3. The summed E-state index contributed by atoms with van der Waals surface area (Å²) in [6.45, 7) is -0.192. The van der Waals surface area contributed by atoms with Crippen molar-refractivity contribution in [1.29, 1.82) is 5.26 Å². The Kier molecular flexibility index (Phi) is 3.39. The van der Waals surface area contributed by atoms with Crippen molar-refractivity contribution in [3.63, 3.8) is 0 Å². The van der Waals surface area contributed by atoms with Gasteiger partial charge in [0.1, 0.15) is 6.10 Å². The summed E-state index contributed by atoms with van der Waals surface area (Å²) in [6.07, 6.45) is -2.68. The molecule has 1 heterocycles. The second-order valence-electron chi connectivity index (χ2n) is 2.48. The lowest BCUT2D eigenvalue weighted by Crippen LogP contribution is -2.16. The molecule has 3 N–H and O–H groups in total. The Morgan fingerprint density at radius 3 is 2.77 bits per heavy atom. The van der Waals surface area contributed by atoms with Gasteiger partial charge in [0, 0.05) is 10.4 Å². The molecule has 1 rings (SSSR count). The van der Waals surface area contributed by atoms with Gasteiger partial charge in [0.05, 0.1) is 12.7 Å². The number of hydrogen-bond acceptors (Lipinski definition) is 5. The van der Waals surface area contributed by atoms with Crippen LogP contribution in [0.2, 0.25) is 0 Å². The molecule has 0 saturated heterocycles. The number of nitrogens with zero attached hydrogens (tertiary/aromatic N) is 1. The highest BCUT2D eigenvalue weighted by Crippen LogP contribution is 2.25. The van der Waals surface area contributed by atoms with Crippen molar-refractivity contribution < 1.29 is 15.3 Å². The monoisotopic (exact) mass is 199 g/mol. The van der Waals surface area contributed by atoms with Crippen LogP contribution in [-0.4, -0.2) is 21.4 Å². The summed E-state index contributed by atoms with van der Waals surface area (Å²) < 4.78 is 0. The second-order valence-corrected chi connectivity index (χ2v) is 3.48. The predicted molar refractivity (Wildman–Crippen MR) is 46.8 cm³/mol. The van der Waals surface area contributed by atoms with E-state index in [0.29, 0.717) is 10.4 Å². The second kappa shape index (κ2) is 4.35. The van der Waals surface area contributed by atoms with Crippen LogP contribution in [-0.2, 0) is 6.61 Å². The van der Waals surface area contributed by atoms with Crippen molar-refractivity contribution in [3.8, 4) is 6.07 Å². The quantitative estimate of drug-likeness (QED) is 0.605. The minimum atomic E-state index is -1.44. The summed E-state index contributed by atoms with van der Waals surface area (Å²) in [7, 11) is 0. The third-order valence-corrected chi connectivity index (χ3v) is 2.59. The molecular formula is C8H9NO3S. The van der Waals surface area contributed by atoms with Crippen LogP contribution in [0.1, 0.15) is 16.5 Å². The lowest BCUT2D eigenvalue weighted by Gasteiger charge is -2.11.